The highest BCUT2D eigenvalue weighted by atomic mass is 16.6. The van der Waals surface area contributed by atoms with Crippen molar-refractivity contribution in [3.8, 4) is 5.75 Å². The lowest BCUT2D eigenvalue weighted by Gasteiger charge is -2.38. The van der Waals surface area contributed by atoms with Gasteiger partial charge >= 0.3 is 6.09 Å². The van der Waals surface area contributed by atoms with E-state index in [-0.39, 0.29) is 24.6 Å². The third-order valence-corrected chi connectivity index (χ3v) is 4.65. The minimum atomic E-state index is -0.628. The first-order chi connectivity index (χ1) is 13.2. The summed E-state index contributed by atoms with van der Waals surface area (Å²) in [5.74, 6) is 0.147. The molecule has 8 nitrogen and oxygen atoms in total. The Hall–Kier alpha value is -2.77. The maximum Gasteiger partial charge on any atom is 0.411 e. The molecule has 2 aliphatic rings. The van der Waals surface area contributed by atoms with E-state index in [1.165, 1.54) is 4.90 Å². The lowest BCUT2D eigenvalue weighted by atomic mass is 9.93. The number of ether oxygens (including phenoxy) is 1. The second kappa shape index (κ2) is 8.95. The normalized spacial score (nSPS) is 18.6. The highest BCUT2D eigenvalue weighted by Crippen LogP contribution is 2.29. The lowest BCUT2D eigenvalue weighted by Crippen LogP contribution is -2.54. The van der Waals surface area contributed by atoms with Crippen LogP contribution in [-0.2, 0) is 27.3 Å². The summed E-state index contributed by atoms with van der Waals surface area (Å²) in [6.45, 7) is 7.20. The van der Waals surface area contributed by atoms with Gasteiger partial charge in [0.1, 0.15) is 17.4 Å². The van der Waals surface area contributed by atoms with E-state index in [0.29, 0.717) is 6.42 Å². The Morgan fingerprint density at radius 2 is 1.82 bits per heavy atom. The summed E-state index contributed by atoms with van der Waals surface area (Å²) < 4.78 is 5.52. The number of hydrogen-bond acceptors (Lipinski definition) is 5. The predicted octanol–water partition coefficient (Wildman–Crippen LogP) is 1.78. The molecule has 0 bridgehead atoms. The number of aromatic hydroxyl groups is 1. The molecule has 1 saturated heterocycles. The van der Waals surface area contributed by atoms with Gasteiger partial charge in [-0.15, -0.1) is 0 Å². The molecule has 0 radical (unpaired) electrons. The number of rotatable bonds is 1. The molecule has 0 spiro atoms. The molecular formula is C20H29N3O5. The Morgan fingerprint density at radius 3 is 2.39 bits per heavy atom. The number of amides is 3. The Labute approximate surface area is 165 Å². The molecule has 1 fully saturated rings. The fourth-order valence-corrected chi connectivity index (χ4v) is 3.45. The minimum Gasteiger partial charge on any atom is -0.508 e. The number of fused-ring (bicyclic) bond motifs is 1. The van der Waals surface area contributed by atoms with Gasteiger partial charge in [-0.05, 0) is 56.9 Å². The van der Waals surface area contributed by atoms with E-state index in [0.717, 1.165) is 37.1 Å². The number of nitrogens with zero attached hydrogens (tertiary/aromatic N) is 2. The molecule has 28 heavy (non-hydrogen) atoms. The van der Waals surface area contributed by atoms with E-state index in [4.69, 9.17) is 9.53 Å². The van der Waals surface area contributed by atoms with E-state index in [2.05, 4.69) is 5.73 Å². The summed E-state index contributed by atoms with van der Waals surface area (Å²) in [5, 5.41) is 9.74. The van der Waals surface area contributed by atoms with Crippen LogP contribution in [0.25, 0.3) is 0 Å². The SMILES string of the molecule is CC(C)(C)OC(=O)N1Cc2cc(O)ccc2CC1C(=O)N1CCCC1.NC=O. The largest absolute Gasteiger partial charge is 0.508 e. The zero-order chi connectivity index (χ0) is 20.9. The number of hydrogen-bond donors (Lipinski definition) is 2. The van der Waals surface area contributed by atoms with Crippen molar-refractivity contribution in [3.05, 3.63) is 29.3 Å². The van der Waals surface area contributed by atoms with Gasteiger partial charge in [0.2, 0.25) is 12.3 Å². The number of primary amides is 1. The second-order valence-electron chi connectivity index (χ2n) is 7.95. The first kappa shape index (κ1) is 21.5. The standard InChI is InChI=1S/C19H26N2O4.CH3NO/c1-19(2,3)25-18(24)21-12-14-10-15(22)7-6-13(14)11-16(21)17(23)20-8-4-5-9-20;2-1-3/h6-7,10,16,22H,4-5,8-9,11-12H2,1-3H3;1H,(H2,2,3). The summed E-state index contributed by atoms with van der Waals surface area (Å²) in [6.07, 6.45) is 2.23. The van der Waals surface area contributed by atoms with Crippen LogP contribution in [0.5, 0.6) is 5.75 Å². The van der Waals surface area contributed by atoms with E-state index < -0.39 is 17.7 Å². The average Bonchev–Trinajstić information content (AvgIpc) is 3.13. The molecule has 1 atom stereocenters. The molecule has 3 rings (SSSR count). The summed E-state index contributed by atoms with van der Waals surface area (Å²) in [6, 6.07) is 4.56. The highest BCUT2D eigenvalue weighted by molar-refractivity contribution is 5.87. The molecule has 0 aromatic heterocycles. The molecular weight excluding hydrogens is 362 g/mol. The van der Waals surface area contributed by atoms with Crippen LogP contribution in [0.2, 0.25) is 0 Å². The van der Waals surface area contributed by atoms with Crippen molar-refractivity contribution < 1.29 is 24.2 Å². The van der Waals surface area contributed by atoms with E-state index >= 15 is 0 Å². The number of phenols is 1. The van der Waals surface area contributed by atoms with Crippen molar-refractivity contribution in [3.63, 3.8) is 0 Å². The predicted molar refractivity (Wildman–Crippen MR) is 103 cm³/mol. The number of nitrogens with two attached hydrogens (primary N) is 1. The van der Waals surface area contributed by atoms with Crippen molar-refractivity contribution in [1.82, 2.24) is 9.80 Å². The number of likely N-dealkylation sites (tertiary alicyclic amines) is 1. The minimum absolute atomic E-state index is 0.0120. The van der Waals surface area contributed by atoms with Gasteiger partial charge in [-0.25, -0.2) is 4.79 Å². The summed E-state index contributed by atoms with van der Waals surface area (Å²) in [5.41, 5.74) is 5.39. The van der Waals surface area contributed by atoms with Gasteiger partial charge < -0.3 is 20.5 Å². The van der Waals surface area contributed by atoms with E-state index in [9.17, 15) is 14.7 Å². The molecule has 1 unspecified atom stereocenters. The Balaban J connectivity index is 0.000000878. The van der Waals surface area contributed by atoms with Crippen molar-refractivity contribution >= 4 is 18.4 Å². The van der Waals surface area contributed by atoms with Crippen molar-refractivity contribution in [2.45, 2.75) is 58.2 Å². The Kier molecular flexibility index (Phi) is 6.88. The van der Waals surface area contributed by atoms with Crippen LogP contribution in [0.15, 0.2) is 18.2 Å². The number of carbonyl (C=O) groups is 3. The van der Waals surface area contributed by atoms with Gasteiger partial charge in [-0.2, -0.15) is 0 Å². The Bertz CT molecular complexity index is 723. The molecule has 8 heteroatoms. The van der Waals surface area contributed by atoms with Gasteiger partial charge in [-0.3, -0.25) is 14.5 Å². The third kappa shape index (κ3) is 5.37. The van der Waals surface area contributed by atoms with Crippen molar-refractivity contribution in [2.75, 3.05) is 13.1 Å². The first-order valence-electron chi connectivity index (χ1n) is 9.41. The van der Waals surface area contributed by atoms with Crippen LogP contribution in [-0.4, -0.2) is 58.0 Å². The van der Waals surface area contributed by atoms with Crippen molar-refractivity contribution in [1.29, 1.82) is 0 Å². The summed E-state index contributed by atoms with van der Waals surface area (Å²) in [7, 11) is 0. The second-order valence-corrected chi connectivity index (χ2v) is 7.95. The van der Waals surface area contributed by atoms with Crippen molar-refractivity contribution in [2.24, 2.45) is 5.73 Å². The number of phenolic OH excluding ortho intramolecular Hbond substituents is 1. The molecule has 2 aliphatic heterocycles. The van der Waals surface area contributed by atoms with E-state index in [1.54, 1.807) is 12.1 Å². The molecule has 2 heterocycles. The number of benzene rings is 1. The van der Waals surface area contributed by atoms with Gasteiger partial charge in [0.25, 0.3) is 0 Å². The van der Waals surface area contributed by atoms with E-state index in [1.807, 2.05) is 31.7 Å². The van der Waals surface area contributed by atoms with Crippen LogP contribution in [0.4, 0.5) is 4.79 Å². The summed E-state index contributed by atoms with van der Waals surface area (Å²) in [4.78, 5) is 37.6. The zero-order valence-corrected chi connectivity index (χ0v) is 16.7. The molecule has 3 N–H and O–H groups in total. The molecule has 1 aromatic carbocycles. The highest BCUT2D eigenvalue weighted by Gasteiger charge is 2.39. The van der Waals surface area contributed by atoms with Crippen LogP contribution >= 0.6 is 0 Å². The Morgan fingerprint density at radius 1 is 1.21 bits per heavy atom. The van der Waals surface area contributed by atoms with Crippen LogP contribution in [0, 0.1) is 0 Å². The molecule has 1 aromatic rings. The molecule has 0 saturated carbocycles. The van der Waals surface area contributed by atoms with Gasteiger partial charge in [0.05, 0.1) is 6.54 Å². The van der Waals surface area contributed by atoms with Gasteiger partial charge in [0, 0.05) is 19.5 Å². The third-order valence-electron chi connectivity index (χ3n) is 4.65. The zero-order valence-electron chi connectivity index (χ0n) is 16.7. The molecule has 3 amide bonds. The maximum atomic E-state index is 13.0. The smallest absolute Gasteiger partial charge is 0.411 e. The number of carbonyl (C=O) groups excluding carboxylic acids is 3. The van der Waals surface area contributed by atoms with Gasteiger partial charge in [0.15, 0.2) is 0 Å². The van der Waals surface area contributed by atoms with Gasteiger partial charge in [-0.1, -0.05) is 6.07 Å². The first-order valence-corrected chi connectivity index (χ1v) is 9.41. The fraction of sp³-hybridized carbons (Fsp3) is 0.550. The monoisotopic (exact) mass is 391 g/mol. The molecule has 0 aliphatic carbocycles. The maximum absolute atomic E-state index is 13.0. The summed E-state index contributed by atoms with van der Waals surface area (Å²) >= 11 is 0. The fourth-order valence-electron chi connectivity index (χ4n) is 3.45. The molecule has 154 valence electrons. The average molecular weight is 391 g/mol. The topological polar surface area (TPSA) is 113 Å². The lowest BCUT2D eigenvalue weighted by molar-refractivity contribution is -0.136. The van der Waals surface area contributed by atoms with Crippen LogP contribution in [0.1, 0.15) is 44.7 Å². The van der Waals surface area contributed by atoms with Crippen LogP contribution < -0.4 is 5.73 Å². The van der Waals surface area contributed by atoms with Crippen LogP contribution in [0.3, 0.4) is 0 Å². The quantitative estimate of drug-likeness (QED) is 0.709.